The van der Waals surface area contributed by atoms with Crippen molar-refractivity contribution in [3.8, 4) is 0 Å². The molecule has 1 aromatic rings. The Morgan fingerprint density at radius 2 is 2.21 bits per heavy atom. The van der Waals surface area contributed by atoms with Crippen molar-refractivity contribution < 1.29 is 9.53 Å². The van der Waals surface area contributed by atoms with E-state index in [0.717, 1.165) is 10.9 Å². The average Bonchev–Trinajstić information content (AvgIpc) is 2.41. The fourth-order valence-electron chi connectivity index (χ4n) is 1.77. The van der Waals surface area contributed by atoms with Gasteiger partial charge in [-0.25, -0.2) is 0 Å². The zero-order valence-corrected chi connectivity index (χ0v) is 13.2. The predicted octanol–water partition coefficient (Wildman–Crippen LogP) is 2.92. The predicted molar refractivity (Wildman–Crippen MR) is 81.2 cm³/mol. The summed E-state index contributed by atoms with van der Waals surface area (Å²) in [6, 6.07) is 5.46. The Balaban J connectivity index is 2.94. The summed E-state index contributed by atoms with van der Waals surface area (Å²) in [7, 11) is 1.64. The summed E-state index contributed by atoms with van der Waals surface area (Å²) in [5, 5.41) is 0. The molecule has 0 saturated heterocycles. The molecule has 0 aliphatic heterocycles. The van der Waals surface area contributed by atoms with Crippen LogP contribution in [0.5, 0.6) is 0 Å². The summed E-state index contributed by atoms with van der Waals surface area (Å²) >= 11 is 3.33. The Hall–Kier alpha value is -1.07. The quantitative estimate of drug-likeness (QED) is 0.817. The molecule has 1 amide bonds. The highest BCUT2D eigenvalue weighted by Crippen LogP contribution is 2.21. The fraction of sp³-hybridized carbons (Fsp3) is 0.500. The number of carbonyl (C=O) groups is 1. The molecule has 0 spiro atoms. The number of carbonyl (C=O) groups excluding carboxylic acids is 1. The van der Waals surface area contributed by atoms with Crippen molar-refractivity contribution in [3.63, 3.8) is 0 Å². The second-order valence-electron chi connectivity index (χ2n) is 4.48. The first-order chi connectivity index (χ1) is 9.01. The van der Waals surface area contributed by atoms with E-state index in [0.29, 0.717) is 24.4 Å². The van der Waals surface area contributed by atoms with Crippen LogP contribution in [0.15, 0.2) is 22.7 Å². The minimum atomic E-state index is -0.00870. The second kappa shape index (κ2) is 7.50. The maximum absolute atomic E-state index is 12.5. The Kier molecular flexibility index (Phi) is 6.31. The van der Waals surface area contributed by atoms with Crippen molar-refractivity contribution in [3.05, 3.63) is 28.2 Å². The molecule has 0 bridgehead atoms. The third kappa shape index (κ3) is 4.21. The summed E-state index contributed by atoms with van der Waals surface area (Å²) in [4.78, 5) is 14.3. The van der Waals surface area contributed by atoms with Crippen LogP contribution in [0, 0.1) is 0 Å². The van der Waals surface area contributed by atoms with Gasteiger partial charge in [-0.3, -0.25) is 4.79 Å². The average molecular weight is 329 g/mol. The number of amides is 1. The summed E-state index contributed by atoms with van der Waals surface area (Å²) in [5.41, 5.74) is 7.00. The molecule has 1 atom stereocenters. The van der Waals surface area contributed by atoms with Gasteiger partial charge in [0.1, 0.15) is 0 Å². The van der Waals surface area contributed by atoms with Gasteiger partial charge in [0.15, 0.2) is 0 Å². The van der Waals surface area contributed by atoms with Gasteiger partial charge >= 0.3 is 0 Å². The molecule has 1 unspecified atom stereocenters. The Labute approximate surface area is 123 Å². The molecule has 0 fully saturated rings. The number of hydrogen-bond acceptors (Lipinski definition) is 3. The molecule has 4 nitrogen and oxygen atoms in total. The third-order valence-corrected chi connectivity index (χ3v) is 3.89. The standard InChI is InChI=1S/C14H21BrN2O2/c1-4-10(2)17(7-8-19-3)14(18)11-5-6-12(15)13(16)9-11/h5-6,9-10H,4,7-8,16H2,1-3H3. The molecule has 0 aliphatic carbocycles. The van der Waals surface area contributed by atoms with Gasteiger partial charge in [-0.1, -0.05) is 6.92 Å². The number of nitrogen functional groups attached to an aromatic ring is 1. The lowest BCUT2D eigenvalue weighted by atomic mass is 10.1. The summed E-state index contributed by atoms with van der Waals surface area (Å²) < 4.78 is 5.87. The molecule has 1 aromatic carbocycles. The van der Waals surface area contributed by atoms with Gasteiger partial charge in [-0.2, -0.15) is 0 Å². The minimum absolute atomic E-state index is 0.00870. The van der Waals surface area contributed by atoms with Gasteiger partial charge in [0, 0.05) is 35.4 Å². The van der Waals surface area contributed by atoms with E-state index in [9.17, 15) is 4.79 Å². The van der Waals surface area contributed by atoms with Crippen LogP contribution in [0.25, 0.3) is 0 Å². The first-order valence-corrected chi connectivity index (χ1v) is 7.15. The van der Waals surface area contributed by atoms with Crippen molar-refractivity contribution >= 4 is 27.5 Å². The zero-order valence-electron chi connectivity index (χ0n) is 11.6. The van der Waals surface area contributed by atoms with Crippen LogP contribution in [-0.2, 0) is 4.74 Å². The van der Waals surface area contributed by atoms with Gasteiger partial charge in [0.25, 0.3) is 5.91 Å². The molecule has 19 heavy (non-hydrogen) atoms. The van der Waals surface area contributed by atoms with E-state index >= 15 is 0 Å². The number of hydrogen-bond donors (Lipinski definition) is 1. The molecule has 0 aromatic heterocycles. The number of methoxy groups -OCH3 is 1. The van der Waals surface area contributed by atoms with Crippen molar-refractivity contribution in [2.24, 2.45) is 0 Å². The Morgan fingerprint density at radius 1 is 1.53 bits per heavy atom. The third-order valence-electron chi connectivity index (χ3n) is 3.16. The van der Waals surface area contributed by atoms with Crippen LogP contribution in [0.1, 0.15) is 30.6 Å². The molecule has 5 heteroatoms. The first kappa shape index (κ1) is 16.0. The van der Waals surface area contributed by atoms with Crippen LogP contribution in [0.4, 0.5) is 5.69 Å². The van der Waals surface area contributed by atoms with Crippen molar-refractivity contribution in [1.29, 1.82) is 0 Å². The van der Waals surface area contributed by atoms with Gasteiger partial charge in [-0.05, 0) is 47.5 Å². The van der Waals surface area contributed by atoms with Crippen LogP contribution in [0.3, 0.4) is 0 Å². The summed E-state index contributed by atoms with van der Waals surface area (Å²) in [5.74, 6) is -0.00870. The van der Waals surface area contributed by atoms with Crippen molar-refractivity contribution in [2.75, 3.05) is 26.0 Å². The molecular formula is C14H21BrN2O2. The van der Waals surface area contributed by atoms with E-state index in [1.807, 2.05) is 11.8 Å². The Bertz CT molecular complexity index is 437. The lowest BCUT2D eigenvalue weighted by Gasteiger charge is -2.28. The topological polar surface area (TPSA) is 55.6 Å². The Morgan fingerprint density at radius 3 is 2.74 bits per heavy atom. The molecule has 1 rings (SSSR count). The number of nitrogens with two attached hydrogens (primary N) is 1. The summed E-state index contributed by atoms with van der Waals surface area (Å²) in [6.45, 7) is 5.21. The lowest BCUT2D eigenvalue weighted by Crippen LogP contribution is -2.40. The van der Waals surface area contributed by atoms with E-state index in [4.69, 9.17) is 10.5 Å². The highest BCUT2D eigenvalue weighted by Gasteiger charge is 2.20. The maximum atomic E-state index is 12.5. The largest absolute Gasteiger partial charge is 0.398 e. The van der Waals surface area contributed by atoms with Crippen LogP contribution < -0.4 is 5.73 Å². The number of halogens is 1. The molecule has 0 radical (unpaired) electrons. The highest BCUT2D eigenvalue weighted by atomic mass is 79.9. The monoisotopic (exact) mass is 328 g/mol. The van der Waals surface area contributed by atoms with Gasteiger partial charge in [0.05, 0.1) is 6.61 Å². The van der Waals surface area contributed by atoms with E-state index < -0.39 is 0 Å². The molecule has 0 aliphatic rings. The maximum Gasteiger partial charge on any atom is 0.254 e. The zero-order chi connectivity index (χ0) is 14.4. The van der Waals surface area contributed by atoms with E-state index in [-0.39, 0.29) is 11.9 Å². The molecule has 2 N–H and O–H groups in total. The SMILES string of the molecule is CCC(C)N(CCOC)C(=O)c1ccc(Br)c(N)c1. The fourth-order valence-corrected chi connectivity index (χ4v) is 2.02. The normalized spacial score (nSPS) is 12.2. The number of rotatable bonds is 6. The minimum Gasteiger partial charge on any atom is -0.398 e. The van der Waals surface area contributed by atoms with Crippen molar-refractivity contribution in [1.82, 2.24) is 4.90 Å². The van der Waals surface area contributed by atoms with E-state index in [2.05, 4.69) is 22.9 Å². The molecule has 106 valence electrons. The van der Waals surface area contributed by atoms with Crippen molar-refractivity contribution in [2.45, 2.75) is 26.3 Å². The molecular weight excluding hydrogens is 308 g/mol. The molecule has 0 saturated carbocycles. The van der Waals surface area contributed by atoms with Crippen LogP contribution in [-0.4, -0.2) is 37.1 Å². The number of ether oxygens (including phenoxy) is 1. The van der Waals surface area contributed by atoms with Crippen LogP contribution in [0.2, 0.25) is 0 Å². The highest BCUT2D eigenvalue weighted by molar-refractivity contribution is 9.10. The number of benzene rings is 1. The number of nitrogens with zero attached hydrogens (tertiary/aromatic N) is 1. The smallest absolute Gasteiger partial charge is 0.254 e. The van der Waals surface area contributed by atoms with Gasteiger partial charge in [-0.15, -0.1) is 0 Å². The molecule has 0 heterocycles. The lowest BCUT2D eigenvalue weighted by molar-refractivity contribution is 0.0614. The van der Waals surface area contributed by atoms with E-state index in [1.54, 1.807) is 25.3 Å². The van der Waals surface area contributed by atoms with Gasteiger partial charge in [0.2, 0.25) is 0 Å². The van der Waals surface area contributed by atoms with Gasteiger partial charge < -0.3 is 15.4 Å². The first-order valence-electron chi connectivity index (χ1n) is 6.36. The number of anilines is 1. The summed E-state index contributed by atoms with van der Waals surface area (Å²) in [6.07, 6.45) is 0.904. The van der Waals surface area contributed by atoms with E-state index in [1.165, 1.54) is 0 Å². The van der Waals surface area contributed by atoms with Crippen LogP contribution >= 0.6 is 15.9 Å². The second-order valence-corrected chi connectivity index (χ2v) is 5.34.